The molecule has 25 heavy (non-hydrogen) atoms. The van der Waals surface area contributed by atoms with E-state index in [-0.39, 0.29) is 18.9 Å². The molecule has 0 fully saturated rings. The highest BCUT2D eigenvalue weighted by Crippen LogP contribution is 2.23. The zero-order chi connectivity index (χ0) is 18.1. The molecule has 0 aliphatic rings. The van der Waals surface area contributed by atoms with Crippen LogP contribution in [0.3, 0.4) is 0 Å². The van der Waals surface area contributed by atoms with Crippen molar-refractivity contribution in [2.75, 3.05) is 13.2 Å². The molecule has 0 aliphatic carbocycles. The maximum Gasteiger partial charge on any atom is 0.234 e. The third-order valence-electron chi connectivity index (χ3n) is 3.43. The number of nitrogens with one attached hydrogen (secondary N) is 1. The Labute approximate surface area is 152 Å². The van der Waals surface area contributed by atoms with Gasteiger partial charge in [-0.15, -0.1) is 0 Å². The lowest BCUT2D eigenvalue weighted by Gasteiger charge is -2.13. The third-order valence-corrected chi connectivity index (χ3v) is 3.67. The Balaban J connectivity index is 1.89. The Morgan fingerprint density at radius 3 is 2.60 bits per heavy atom. The summed E-state index contributed by atoms with van der Waals surface area (Å²) >= 11 is 6.01. The lowest BCUT2D eigenvalue weighted by atomic mass is 10.2. The summed E-state index contributed by atoms with van der Waals surface area (Å²) in [5.41, 5.74) is 1.81. The summed E-state index contributed by atoms with van der Waals surface area (Å²) in [5.74, 6) is 1.11. The van der Waals surface area contributed by atoms with Crippen LogP contribution in [0.15, 0.2) is 42.5 Å². The van der Waals surface area contributed by atoms with Crippen molar-refractivity contribution < 1.29 is 14.3 Å². The normalized spacial score (nSPS) is 9.96. The first-order valence-corrected chi connectivity index (χ1v) is 8.21. The molecule has 2 rings (SSSR count). The van der Waals surface area contributed by atoms with Gasteiger partial charge in [0.05, 0.1) is 6.07 Å². The van der Waals surface area contributed by atoms with Gasteiger partial charge in [0.2, 0.25) is 5.91 Å². The maximum absolute atomic E-state index is 11.4. The molecule has 0 spiro atoms. The van der Waals surface area contributed by atoms with Crippen LogP contribution in [0, 0.1) is 18.3 Å². The molecule has 0 heterocycles. The molecular weight excluding hydrogens is 340 g/mol. The zero-order valence-electron chi connectivity index (χ0n) is 13.9. The summed E-state index contributed by atoms with van der Waals surface area (Å²) in [6.07, 6.45) is -0.180. The molecule has 0 radical (unpaired) electrons. The Morgan fingerprint density at radius 1 is 1.16 bits per heavy atom. The number of nitrogens with zero attached hydrogens (tertiary/aromatic N) is 1. The fraction of sp³-hybridized carbons (Fsp3) is 0.263. The highest BCUT2D eigenvalue weighted by atomic mass is 35.5. The number of ether oxygens (including phenoxy) is 2. The molecule has 2 aromatic carbocycles. The number of halogens is 1. The first-order valence-electron chi connectivity index (χ1n) is 7.83. The van der Waals surface area contributed by atoms with Crippen molar-refractivity contribution in [2.45, 2.75) is 19.9 Å². The van der Waals surface area contributed by atoms with Gasteiger partial charge >= 0.3 is 0 Å². The van der Waals surface area contributed by atoms with E-state index in [1.807, 2.05) is 31.2 Å². The Kier molecular flexibility index (Phi) is 7.12. The predicted molar refractivity (Wildman–Crippen MR) is 95.7 cm³/mol. The van der Waals surface area contributed by atoms with Gasteiger partial charge in [-0.05, 0) is 36.8 Å². The molecule has 130 valence electrons. The molecule has 2 aromatic rings. The molecule has 0 aromatic heterocycles. The molecule has 0 aliphatic heterocycles. The number of rotatable bonds is 8. The minimum atomic E-state index is -0.337. The number of hydrogen-bond donors (Lipinski definition) is 1. The van der Waals surface area contributed by atoms with E-state index in [1.165, 1.54) is 0 Å². The Morgan fingerprint density at radius 2 is 1.88 bits per heavy atom. The van der Waals surface area contributed by atoms with Crippen molar-refractivity contribution in [3.8, 4) is 17.6 Å². The van der Waals surface area contributed by atoms with Crippen LogP contribution in [-0.2, 0) is 11.3 Å². The van der Waals surface area contributed by atoms with Gasteiger partial charge < -0.3 is 14.8 Å². The predicted octanol–water partition coefficient (Wildman–Crippen LogP) is 3.64. The van der Waals surface area contributed by atoms with Crippen LogP contribution in [-0.4, -0.2) is 19.1 Å². The Bertz CT molecular complexity index is 772. The minimum Gasteiger partial charge on any atom is -0.490 e. The quantitative estimate of drug-likeness (QED) is 0.731. The van der Waals surface area contributed by atoms with Crippen LogP contribution in [0.2, 0.25) is 5.02 Å². The fourth-order valence-electron chi connectivity index (χ4n) is 2.18. The van der Waals surface area contributed by atoms with E-state index in [0.717, 1.165) is 16.9 Å². The molecule has 6 heteroatoms. The summed E-state index contributed by atoms with van der Waals surface area (Å²) < 4.78 is 11.4. The van der Waals surface area contributed by atoms with E-state index < -0.39 is 0 Å². The first kappa shape index (κ1) is 18.6. The molecule has 0 bridgehead atoms. The van der Waals surface area contributed by atoms with Crippen LogP contribution in [0.25, 0.3) is 0 Å². The van der Waals surface area contributed by atoms with Crippen molar-refractivity contribution in [3.63, 3.8) is 0 Å². The second-order valence-corrected chi connectivity index (χ2v) is 5.76. The van der Waals surface area contributed by atoms with Crippen molar-refractivity contribution in [3.05, 3.63) is 58.6 Å². The molecule has 1 N–H and O–H groups in total. The van der Waals surface area contributed by atoms with E-state index in [1.54, 1.807) is 24.3 Å². The Hall–Kier alpha value is -2.71. The number of nitriles is 1. The van der Waals surface area contributed by atoms with Crippen molar-refractivity contribution in [1.82, 2.24) is 5.32 Å². The number of para-hydroxylation sites is 1. The van der Waals surface area contributed by atoms with Gasteiger partial charge in [-0.1, -0.05) is 29.8 Å². The molecule has 0 atom stereocenters. The standard InChI is InChI=1S/C19H19ClN2O3/c1-14-4-2-3-5-17(14)24-10-11-25-18-7-6-16(20)12-15(18)13-22-19(23)8-9-21/h2-7,12H,8,10-11,13H2,1H3,(H,22,23). The SMILES string of the molecule is Cc1ccccc1OCCOc1ccc(Cl)cc1CNC(=O)CC#N. The smallest absolute Gasteiger partial charge is 0.234 e. The van der Waals surface area contributed by atoms with Crippen LogP contribution in [0.5, 0.6) is 11.5 Å². The summed E-state index contributed by atoms with van der Waals surface area (Å²) in [5, 5.41) is 11.7. The molecule has 0 saturated carbocycles. The monoisotopic (exact) mass is 358 g/mol. The van der Waals surface area contributed by atoms with Gasteiger partial charge in [0.15, 0.2) is 0 Å². The topological polar surface area (TPSA) is 71.3 Å². The fourth-order valence-corrected chi connectivity index (χ4v) is 2.37. The van der Waals surface area contributed by atoms with Crippen LogP contribution < -0.4 is 14.8 Å². The number of carbonyl (C=O) groups excluding carboxylic acids is 1. The van der Waals surface area contributed by atoms with E-state index in [4.69, 9.17) is 26.3 Å². The largest absolute Gasteiger partial charge is 0.490 e. The summed E-state index contributed by atoms with van der Waals surface area (Å²) in [4.78, 5) is 11.4. The molecule has 0 saturated heterocycles. The number of carbonyl (C=O) groups is 1. The number of benzene rings is 2. The second-order valence-electron chi connectivity index (χ2n) is 5.33. The van der Waals surface area contributed by atoms with Crippen LogP contribution >= 0.6 is 11.6 Å². The minimum absolute atomic E-state index is 0.180. The van der Waals surface area contributed by atoms with Crippen molar-refractivity contribution in [2.24, 2.45) is 0 Å². The van der Waals surface area contributed by atoms with E-state index in [9.17, 15) is 4.79 Å². The van der Waals surface area contributed by atoms with Gasteiger partial charge in [0, 0.05) is 17.1 Å². The average molecular weight is 359 g/mol. The van der Waals surface area contributed by atoms with Gasteiger partial charge in [0.1, 0.15) is 31.1 Å². The molecule has 1 amide bonds. The summed E-state index contributed by atoms with van der Waals surface area (Å²) in [7, 11) is 0. The number of hydrogen-bond acceptors (Lipinski definition) is 4. The van der Waals surface area contributed by atoms with Crippen molar-refractivity contribution >= 4 is 17.5 Å². The lowest BCUT2D eigenvalue weighted by molar-refractivity contribution is -0.120. The molecular formula is C19H19ClN2O3. The van der Waals surface area contributed by atoms with Gasteiger partial charge in [-0.3, -0.25) is 4.79 Å². The third kappa shape index (κ3) is 6.02. The van der Waals surface area contributed by atoms with E-state index in [2.05, 4.69) is 5.32 Å². The number of amides is 1. The van der Waals surface area contributed by atoms with Gasteiger partial charge in [-0.2, -0.15) is 5.26 Å². The molecule has 5 nitrogen and oxygen atoms in total. The van der Waals surface area contributed by atoms with Gasteiger partial charge in [0.25, 0.3) is 0 Å². The lowest BCUT2D eigenvalue weighted by Crippen LogP contribution is -2.22. The van der Waals surface area contributed by atoms with Crippen molar-refractivity contribution in [1.29, 1.82) is 5.26 Å². The van der Waals surface area contributed by atoms with E-state index >= 15 is 0 Å². The maximum atomic E-state index is 11.4. The number of aryl methyl sites for hydroxylation is 1. The van der Waals surface area contributed by atoms with Gasteiger partial charge in [-0.25, -0.2) is 0 Å². The zero-order valence-corrected chi connectivity index (χ0v) is 14.7. The summed E-state index contributed by atoms with van der Waals surface area (Å²) in [6.45, 7) is 2.98. The first-order chi connectivity index (χ1) is 12.1. The second kappa shape index (κ2) is 9.55. The highest BCUT2D eigenvalue weighted by molar-refractivity contribution is 6.30. The van der Waals surface area contributed by atoms with Crippen LogP contribution in [0.4, 0.5) is 0 Å². The average Bonchev–Trinajstić information content (AvgIpc) is 2.60. The highest BCUT2D eigenvalue weighted by Gasteiger charge is 2.08. The van der Waals surface area contributed by atoms with Crippen LogP contribution in [0.1, 0.15) is 17.5 Å². The molecule has 0 unspecified atom stereocenters. The summed E-state index contributed by atoms with van der Waals surface area (Å²) in [6, 6.07) is 14.8. The van der Waals surface area contributed by atoms with E-state index in [0.29, 0.717) is 24.0 Å².